The molecule has 4 rings (SSSR count). The van der Waals surface area contributed by atoms with Crippen molar-refractivity contribution in [1.82, 2.24) is 14.1 Å². The van der Waals surface area contributed by atoms with E-state index >= 15 is 0 Å². The summed E-state index contributed by atoms with van der Waals surface area (Å²) >= 11 is 0. The molecule has 0 saturated carbocycles. The largest absolute Gasteiger partial charge is 0.496 e. The van der Waals surface area contributed by atoms with Crippen LogP contribution in [-0.2, 0) is 25.7 Å². The Morgan fingerprint density at radius 1 is 1.11 bits per heavy atom. The number of esters is 1. The van der Waals surface area contributed by atoms with Crippen LogP contribution in [-0.4, -0.2) is 61.7 Å². The van der Waals surface area contributed by atoms with Gasteiger partial charge in [0.2, 0.25) is 0 Å². The number of carbonyl (C=O) groups is 2. The quantitative estimate of drug-likeness (QED) is 0.0862. The van der Waals surface area contributed by atoms with Gasteiger partial charge in [-0.2, -0.15) is 5.26 Å². The van der Waals surface area contributed by atoms with Crippen LogP contribution in [0.25, 0.3) is 21.9 Å². The summed E-state index contributed by atoms with van der Waals surface area (Å²) in [6.45, 7) is 13.8. The number of hydrogen-bond acceptors (Lipinski definition) is 8. The standard InChI is InChI=1S/C34H44N4O6Si/c1-9-10-15-44-34(40)37-14-13-25-30(28(41-4)18-22(2)31(25)37)29(23(3)33(39)42-5)32-36-26-19-24(20-35)11-12-27(26)38(32)21-43-16-17-45(6,7)8/h11-14,18-19,23,29H,9-10,15-17,21H2,1-8H3. The molecule has 0 spiro atoms. The number of rotatable bonds is 13. The first kappa shape index (κ1) is 33.7. The van der Waals surface area contributed by atoms with Crippen molar-refractivity contribution >= 4 is 42.1 Å². The highest BCUT2D eigenvalue weighted by atomic mass is 28.3. The summed E-state index contributed by atoms with van der Waals surface area (Å²) in [4.78, 5) is 31.5. The van der Waals surface area contributed by atoms with Gasteiger partial charge in [0.05, 0.1) is 60.8 Å². The van der Waals surface area contributed by atoms with Gasteiger partial charge >= 0.3 is 12.1 Å². The number of unbranched alkanes of at least 4 members (excludes halogenated alkanes) is 1. The molecule has 0 saturated heterocycles. The van der Waals surface area contributed by atoms with Crippen molar-refractivity contribution in [3.8, 4) is 11.8 Å². The predicted octanol–water partition coefficient (Wildman–Crippen LogP) is 7.22. The summed E-state index contributed by atoms with van der Waals surface area (Å²) in [5.74, 6) is -0.685. The molecule has 4 aromatic rings. The highest BCUT2D eigenvalue weighted by Crippen LogP contribution is 2.44. The van der Waals surface area contributed by atoms with Crippen molar-refractivity contribution in [1.29, 1.82) is 5.26 Å². The molecule has 0 aliphatic carbocycles. The van der Waals surface area contributed by atoms with Crippen LogP contribution in [0.3, 0.4) is 0 Å². The number of aromatic nitrogens is 3. The first-order chi connectivity index (χ1) is 21.4. The number of methoxy groups -OCH3 is 2. The van der Waals surface area contributed by atoms with Crippen molar-refractivity contribution in [3.63, 3.8) is 0 Å². The summed E-state index contributed by atoms with van der Waals surface area (Å²) < 4.78 is 26.5. The Morgan fingerprint density at radius 2 is 1.87 bits per heavy atom. The zero-order valence-electron chi connectivity index (χ0n) is 27.6. The summed E-state index contributed by atoms with van der Waals surface area (Å²) in [6, 6.07) is 12.2. The number of carbonyl (C=O) groups excluding carboxylic acids is 2. The van der Waals surface area contributed by atoms with Crippen molar-refractivity contribution in [2.75, 3.05) is 27.4 Å². The lowest BCUT2D eigenvalue weighted by molar-refractivity contribution is -0.145. The lowest BCUT2D eigenvalue weighted by Gasteiger charge is -2.26. The molecule has 45 heavy (non-hydrogen) atoms. The minimum atomic E-state index is -1.34. The van der Waals surface area contributed by atoms with Gasteiger partial charge in [0.25, 0.3) is 0 Å². The zero-order valence-corrected chi connectivity index (χ0v) is 28.6. The zero-order chi connectivity index (χ0) is 32.9. The Kier molecular flexibility index (Phi) is 10.7. The Bertz CT molecular complexity index is 1730. The number of nitriles is 1. The second kappa shape index (κ2) is 14.3. The third-order valence-corrected chi connectivity index (χ3v) is 9.79. The van der Waals surface area contributed by atoms with Gasteiger partial charge in [0.15, 0.2) is 0 Å². The molecule has 0 N–H and O–H groups in total. The maximum Gasteiger partial charge on any atom is 0.418 e. The Hall–Kier alpha value is -4.14. The van der Waals surface area contributed by atoms with Crippen LogP contribution in [0.2, 0.25) is 25.7 Å². The van der Waals surface area contributed by atoms with Crippen LogP contribution in [0.15, 0.2) is 36.5 Å². The van der Waals surface area contributed by atoms with E-state index in [1.54, 1.807) is 32.4 Å². The van der Waals surface area contributed by atoms with Crippen molar-refractivity contribution in [2.24, 2.45) is 5.92 Å². The van der Waals surface area contributed by atoms with E-state index in [2.05, 4.69) is 25.7 Å². The van der Waals surface area contributed by atoms with Gasteiger partial charge in [0.1, 0.15) is 18.3 Å². The van der Waals surface area contributed by atoms with E-state index in [1.807, 2.05) is 36.6 Å². The van der Waals surface area contributed by atoms with Crippen LogP contribution in [0, 0.1) is 24.2 Å². The van der Waals surface area contributed by atoms with E-state index in [4.69, 9.17) is 23.9 Å². The van der Waals surface area contributed by atoms with Crippen molar-refractivity contribution in [3.05, 3.63) is 59.0 Å². The van der Waals surface area contributed by atoms with Gasteiger partial charge in [-0.05, 0) is 55.3 Å². The molecule has 240 valence electrons. The molecule has 10 nitrogen and oxygen atoms in total. The first-order valence-corrected chi connectivity index (χ1v) is 19.1. The molecule has 0 amide bonds. The average Bonchev–Trinajstić information content (AvgIpc) is 3.61. The molecule has 2 aromatic heterocycles. The second-order valence-electron chi connectivity index (χ2n) is 12.6. The lowest BCUT2D eigenvalue weighted by atomic mass is 9.83. The van der Waals surface area contributed by atoms with Gasteiger partial charge in [0, 0.05) is 31.8 Å². The van der Waals surface area contributed by atoms with Crippen LogP contribution in [0.5, 0.6) is 5.75 Å². The number of hydrogen-bond donors (Lipinski definition) is 0. The van der Waals surface area contributed by atoms with Crippen molar-refractivity contribution < 1.29 is 28.5 Å². The van der Waals surface area contributed by atoms with Crippen LogP contribution >= 0.6 is 0 Å². The predicted molar refractivity (Wildman–Crippen MR) is 176 cm³/mol. The fraction of sp³-hybridized carbons (Fsp3) is 0.471. The smallest absolute Gasteiger partial charge is 0.418 e. The second-order valence-corrected chi connectivity index (χ2v) is 18.2. The number of imidazole rings is 1. The maximum absolute atomic E-state index is 13.3. The van der Waals surface area contributed by atoms with E-state index < -0.39 is 32.0 Å². The monoisotopic (exact) mass is 632 g/mol. The molecule has 0 aliphatic rings. The van der Waals surface area contributed by atoms with E-state index in [-0.39, 0.29) is 6.73 Å². The molecule has 2 aromatic carbocycles. The number of nitrogens with zero attached hydrogens (tertiary/aromatic N) is 4. The third-order valence-electron chi connectivity index (χ3n) is 8.09. The molecule has 2 unspecified atom stereocenters. The van der Waals surface area contributed by atoms with E-state index in [0.717, 1.165) is 35.4 Å². The number of aryl methyl sites for hydroxylation is 1. The Balaban J connectivity index is 1.97. The fourth-order valence-corrected chi connectivity index (χ4v) is 6.35. The summed E-state index contributed by atoms with van der Waals surface area (Å²) in [7, 11) is 1.61. The summed E-state index contributed by atoms with van der Waals surface area (Å²) in [5.41, 5.74) is 4.03. The van der Waals surface area contributed by atoms with Crippen LogP contribution in [0.4, 0.5) is 4.79 Å². The molecular formula is C34H44N4O6Si. The fourth-order valence-electron chi connectivity index (χ4n) is 5.59. The van der Waals surface area contributed by atoms with E-state index in [0.29, 0.717) is 46.9 Å². The molecule has 0 fully saturated rings. The Morgan fingerprint density at radius 3 is 2.51 bits per heavy atom. The average molecular weight is 633 g/mol. The van der Waals surface area contributed by atoms with Crippen LogP contribution < -0.4 is 4.74 Å². The molecule has 0 aliphatic heterocycles. The molecule has 11 heteroatoms. The third kappa shape index (κ3) is 7.23. The van der Waals surface area contributed by atoms with Crippen molar-refractivity contribution in [2.45, 2.75) is 71.9 Å². The minimum absolute atomic E-state index is 0.203. The molecule has 2 heterocycles. The number of benzene rings is 2. The van der Waals surface area contributed by atoms with Crippen LogP contribution in [0.1, 0.15) is 55.1 Å². The van der Waals surface area contributed by atoms with Gasteiger partial charge in [-0.25, -0.2) is 9.78 Å². The SMILES string of the molecule is CCCCOC(=O)n1ccc2c(C(c3nc4cc(C#N)ccc4n3COCC[Si](C)(C)C)C(C)C(=O)OC)c(OC)cc(C)c21. The highest BCUT2D eigenvalue weighted by Gasteiger charge is 2.37. The van der Waals surface area contributed by atoms with Gasteiger partial charge in [-0.3, -0.25) is 9.36 Å². The minimum Gasteiger partial charge on any atom is -0.496 e. The van der Waals surface area contributed by atoms with Gasteiger partial charge < -0.3 is 23.5 Å². The summed E-state index contributed by atoms with van der Waals surface area (Å²) in [6.07, 6.45) is 2.90. The van der Waals surface area contributed by atoms with Gasteiger partial charge in [-0.15, -0.1) is 0 Å². The van der Waals surface area contributed by atoms with Gasteiger partial charge in [-0.1, -0.05) is 39.9 Å². The lowest BCUT2D eigenvalue weighted by Crippen LogP contribution is -2.26. The maximum atomic E-state index is 13.3. The first-order valence-electron chi connectivity index (χ1n) is 15.4. The topological polar surface area (TPSA) is 118 Å². The molecular weight excluding hydrogens is 588 g/mol. The van der Waals surface area contributed by atoms with E-state index in [9.17, 15) is 14.9 Å². The molecule has 0 bridgehead atoms. The normalized spacial score (nSPS) is 13.0. The van der Waals surface area contributed by atoms with E-state index in [1.165, 1.54) is 11.7 Å². The number of ether oxygens (including phenoxy) is 4. The summed E-state index contributed by atoms with van der Waals surface area (Å²) in [5, 5.41) is 10.3. The number of fused-ring (bicyclic) bond motifs is 2. The highest BCUT2D eigenvalue weighted by molar-refractivity contribution is 6.76. The Labute approximate surface area is 265 Å². The molecule has 2 atom stereocenters. The molecule has 0 radical (unpaired) electrons.